The molecule has 1 aliphatic carbocycles. The van der Waals surface area contributed by atoms with Crippen LogP contribution in [0.15, 0.2) is 54.6 Å². The van der Waals surface area contributed by atoms with Crippen LogP contribution >= 0.6 is 0 Å². The van der Waals surface area contributed by atoms with Crippen LogP contribution < -0.4 is 10.6 Å². The molecular formula is C23H28N2O2. The summed E-state index contributed by atoms with van der Waals surface area (Å²) < 4.78 is 0. The van der Waals surface area contributed by atoms with Crippen molar-refractivity contribution in [1.82, 2.24) is 0 Å². The lowest BCUT2D eigenvalue weighted by Crippen LogP contribution is -2.15. The van der Waals surface area contributed by atoms with Gasteiger partial charge in [0.05, 0.1) is 0 Å². The lowest BCUT2D eigenvalue weighted by molar-refractivity contribution is -0.117. The minimum Gasteiger partial charge on any atom is -0.326 e. The van der Waals surface area contributed by atoms with Crippen LogP contribution in [0.5, 0.6) is 0 Å². The molecule has 2 aromatic rings. The molecule has 2 aromatic carbocycles. The smallest absolute Gasteiger partial charge is 0.255 e. The van der Waals surface area contributed by atoms with Gasteiger partial charge in [-0.2, -0.15) is 0 Å². The summed E-state index contributed by atoms with van der Waals surface area (Å²) in [6, 6.07) is 16.4. The van der Waals surface area contributed by atoms with Crippen molar-refractivity contribution in [3.05, 3.63) is 60.2 Å². The molecule has 2 N–H and O–H groups in total. The zero-order valence-electron chi connectivity index (χ0n) is 15.9. The average molecular weight is 364 g/mol. The van der Waals surface area contributed by atoms with E-state index in [0.29, 0.717) is 17.2 Å². The van der Waals surface area contributed by atoms with E-state index in [1.54, 1.807) is 12.1 Å². The highest BCUT2D eigenvalue weighted by molar-refractivity contribution is 6.04. The molecule has 0 aliphatic heterocycles. The molecule has 0 unspecified atom stereocenters. The van der Waals surface area contributed by atoms with E-state index in [-0.39, 0.29) is 17.7 Å². The van der Waals surface area contributed by atoms with Gasteiger partial charge in [0.15, 0.2) is 0 Å². The van der Waals surface area contributed by atoms with E-state index in [0.717, 1.165) is 12.1 Å². The van der Waals surface area contributed by atoms with E-state index >= 15 is 0 Å². The molecule has 1 saturated carbocycles. The minimum absolute atomic E-state index is 0.122. The standard InChI is InChI=1S/C23H28N2O2/c1-2-3-4-6-11-18-16-21(18)23(27)25-20-14-12-19(13-15-20)24-22(26)17-9-7-5-8-10-17/h5,7-10,12-15,18,21H,2-4,6,11,16H2,1H3,(H,24,26)(H,25,27)/t18-,21-/m0/s1. The summed E-state index contributed by atoms with van der Waals surface area (Å²) in [5.41, 5.74) is 2.10. The Hall–Kier alpha value is -2.62. The summed E-state index contributed by atoms with van der Waals surface area (Å²) in [4.78, 5) is 24.5. The average Bonchev–Trinajstić information content (AvgIpc) is 3.47. The molecule has 142 valence electrons. The number of benzene rings is 2. The highest BCUT2D eigenvalue weighted by atomic mass is 16.2. The van der Waals surface area contributed by atoms with Gasteiger partial charge in [-0.1, -0.05) is 50.8 Å². The lowest BCUT2D eigenvalue weighted by atomic mass is 10.1. The van der Waals surface area contributed by atoms with Crippen molar-refractivity contribution in [1.29, 1.82) is 0 Å². The number of carbonyl (C=O) groups excluding carboxylic acids is 2. The summed E-state index contributed by atoms with van der Waals surface area (Å²) in [7, 11) is 0. The van der Waals surface area contributed by atoms with Crippen LogP contribution in [0, 0.1) is 11.8 Å². The number of carbonyl (C=O) groups is 2. The quantitative estimate of drug-likeness (QED) is 0.579. The summed E-state index contributed by atoms with van der Waals surface area (Å²) in [5, 5.41) is 5.86. The van der Waals surface area contributed by atoms with Gasteiger partial charge in [-0.3, -0.25) is 9.59 Å². The van der Waals surface area contributed by atoms with Crippen molar-refractivity contribution in [3.8, 4) is 0 Å². The second kappa shape index (κ2) is 9.36. The zero-order valence-corrected chi connectivity index (χ0v) is 15.9. The molecule has 0 aromatic heterocycles. The van der Waals surface area contributed by atoms with Gasteiger partial charge >= 0.3 is 0 Å². The Morgan fingerprint density at radius 1 is 0.889 bits per heavy atom. The third-order valence-electron chi connectivity index (χ3n) is 5.13. The second-order valence-corrected chi connectivity index (χ2v) is 7.34. The number of unbranched alkanes of at least 4 members (excludes halogenated alkanes) is 3. The SMILES string of the molecule is CCCCCC[C@H]1C[C@@H]1C(=O)Nc1ccc(NC(=O)c2ccccc2)cc1. The van der Waals surface area contributed by atoms with E-state index in [1.807, 2.05) is 42.5 Å². The van der Waals surface area contributed by atoms with Crippen molar-refractivity contribution < 1.29 is 9.59 Å². The van der Waals surface area contributed by atoms with Gasteiger partial charge in [0, 0.05) is 22.9 Å². The maximum atomic E-state index is 12.3. The lowest BCUT2D eigenvalue weighted by Gasteiger charge is -2.08. The first kappa shape index (κ1) is 19.2. The first-order valence-corrected chi connectivity index (χ1v) is 9.94. The molecular weight excluding hydrogens is 336 g/mol. The Kier molecular flexibility index (Phi) is 6.64. The fourth-order valence-electron chi connectivity index (χ4n) is 3.39. The summed E-state index contributed by atoms with van der Waals surface area (Å²) in [5.74, 6) is 0.711. The molecule has 2 atom stereocenters. The van der Waals surface area contributed by atoms with Crippen molar-refractivity contribution in [2.45, 2.75) is 45.4 Å². The Bertz CT molecular complexity index is 756. The Labute approximate surface area is 161 Å². The largest absolute Gasteiger partial charge is 0.326 e. The fourth-order valence-corrected chi connectivity index (χ4v) is 3.39. The van der Waals surface area contributed by atoms with Crippen LogP contribution in [0.2, 0.25) is 0 Å². The Balaban J connectivity index is 1.44. The fraction of sp³-hybridized carbons (Fsp3) is 0.391. The van der Waals surface area contributed by atoms with E-state index in [2.05, 4.69) is 17.6 Å². The molecule has 0 heterocycles. The molecule has 2 amide bonds. The van der Waals surface area contributed by atoms with E-state index in [4.69, 9.17) is 0 Å². The van der Waals surface area contributed by atoms with Gasteiger partial charge in [0.2, 0.25) is 5.91 Å². The van der Waals surface area contributed by atoms with Crippen LogP contribution in [0.1, 0.15) is 55.8 Å². The van der Waals surface area contributed by atoms with Crippen molar-refractivity contribution in [2.24, 2.45) is 11.8 Å². The van der Waals surface area contributed by atoms with Gasteiger partial charge in [-0.25, -0.2) is 0 Å². The van der Waals surface area contributed by atoms with Gasteiger partial charge in [0.25, 0.3) is 5.91 Å². The van der Waals surface area contributed by atoms with Crippen LogP contribution in [0.4, 0.5) is 11.4 Å². The molecule has 0 bridgehead atoms. The first-order valence-electron chi connectivity index (χ1n) is 9.94. The summed E-state index contributed by atoms with van der Waals surface area (Å²) in [6.07, 6.45) is 7.23. The third-order valence-corrected chi connectivity index (χ3v) is 5.13. The third kappa shape index (κ3) is 5.68. The zero-order chi connectivity index (χ0) is 19.1. The highest BCUT2D eigenvalue weighted by Gasteiger charge is 2.42. The predicted molar refractivity (Wildman–Crippen MR) is 110 cm³/mol. The monoisotopic (exact) mass is 364 g/mol. The number of anilines is 2. The van der Waals surface area contributed by atoms with E-state index in [9.17, 15) is 9.59 Å². The molecule has 0 radical (unpaired) electrons. The molecule has 0 saturated heterocycles. The maximum absolute atomic E-state index is 12.3. The summed E-state index contributed by atoms with van der Waals surface area (Å²) >= 11 is 0. The maximum Gasteiger partial charge on any atom is 0.255 e. The molecule has 27 heavy (non-hydrogen) atoms. The van der Waals surface area contributed by atoms with Crippen LogP contribution in [-0.2, 0) is 4.79 Å². The molecule has 3 rings (SSSR count). The second-order valence-electron chi connectivity index (χ2n) is 7.34. The van der Waals surface area contributed by atoms with Crippen molar-refractivity contribution in [2.75, 3.05) is 10.6 Å². The number of hydrogen-bond acceptors (Lipinski definition) is 2. The van der Waals surface area contributed by atoms with Gasteiger partial charge in [0.1, 0.15) is 0 Å². The van der Waals surface area contributed by atoms with Gasteiger partial charge < -0.3 is 10.6 Å². The van der Waals surface area contributed by atoms with Crippen LogP contribution in [0.25, 0.3) is 0 Å². The van der Waals surface area contributed by atoms with Gasteiger partial charge in [-0.05, 0) is 55.2 Å². The molecule has 4 nitrogen and oxygen atoms in total. The van der Waals surface area contributed by atoms with Crippen LogP contribution in [-0.4, -0.2) is 11.8 Å². The van der Waals surface area contributed by atoms with E-state index < -0.39 is 0 Å². The number of hydrogen-bond donors (Lipinski definition) is 2. The topological polar surface area (TPSA) is 58.2 Å². The van der Waals surface area contributed by atoms with Gasteiger partial charge in [-0.15, -0.1) is 0 Å². The van der Waals surface area contributed by atoms with Crippen molar-refractivity contribution in [3.63, 3.8) is 0 Å². The summed E-state index contributed by atoms with van der Waals surface area (Å²) in [6.45, 7) is 2.21. The first-order chi connectivity index (χ1) is 13.2. The highest BCUT2D eigenvalue weighted by Crippen LogP contribution is 2.43. The molecule has 1 fully saturated rings. The number of amides is 2. The minimum atomic E-state index is -0.142. The number of rotatable bonds is 9. The molecule has 0 spiro atoms. The predicted octanol–water partition coefficient (Wildman–Crippen LogP) is 5.48. The normalized spacial score (nSPS) is 18.0. The van der Waals surface area contributed by atoms with E-state index in [1.165, 1.54) is 32.1 Å². The Morgan fingerprint density at radius 2 is 1.56 bits per heavy atom. The van der Waals surface area contributed by atoms with Crippen LogP contribution in [0.3, 0.4) is 0 Å². The van der Waals surface area contributed by atoms with Crippen molar-refractivity contribution >= 4 is 23.2 Å². The molecule has 4 heteroatoms. The molecule has 1 aliphatic rings. The number of nitrogens with one attached hydrogen (secondary N) is 2. The Morgan fingerprint density at radius 3 is 2.22 bits per heavy atom.